The van der Waals surface area contributed by atoms with Crippen LogP contribution in [0.25, 0.3) is 0 Å². The molecule has 2 aliphatic carbocycles. The fourth-order valence-electron chi connectivity index (χ4n) is 3.63. The van der Waals surface area contributed by atoms with Crippen molar-refractivity contribution in [1.82, 2.24) is 0 Å². The fourth-order valence-corrected chi connectivity index (χ4v) is 3.63. The maximum Gasteiger partial charge on any atom is 0.331 e. The van der Waals surface area contributed by atoms with E-state index in [0.717, 1.165) is 18.8 Å². The zero-order valence-electron chi connectivity index (χ0n) is 10.8. The Kier molecular flexibility index (Phi) is 3.41. The molecule has 4 atom stereocenters. The smallest absolute Gasteiger partial charge is 0.331 e. The van der Waals surface area contributed by atoms with E-state index >= 15 is 0 Å². The lowest BCUT2D eigenvalue weighted by molar-refractivity contribution is -0.133. The molecule has 2 nitrogen and oxygen atoms in total. The van der Waals surface area contributed by atoms with E-state index in [4.69, 9.17) is 5.11 Å². The van der Waals surface area contributed by atoms with Crippen molar-refractivity contribution in [2.75, 3.05) is 0 Å². The molecule has 0 aromatic rings. The number of carboxylic acids is 1. The molecule has 0 aliphatic heterocycles. The van der Waals surface area contributed by atoms with Crippen LogP contribution in [0.3, 0.4) is 0 Å². The molecule has 2 rings (SSSR count). The highest BCUT2D eigenvalue weighted by Gasteiger charge is 2.39. The number of rotatable bonds is 2. The summed E-state index contributed by atoms with van der Waals surface area (Å²) >= 11 is 0. The molecule has 0 saturated heterocycles. The summed E-state index contributed by atoms with van der Waals surface area (Å²) in [4.78, 5) is 11.1. The molecule has 0 amide bonds. The Morgan fingerprint density at radius 1 is 1.41 bits per heavy atom. The van der Waals surface area contributed by atoms with Crippen molar-refractivity contribution in [3.8, 4) is 0 Å². The van der Waals surface area contributed by atoms with Crippen LogP contribution in [0, 0.1) is 23.7 Å². The zero-order valence-corrected chi connectivity index (χ0v) is 10.8. The summed E-state index contributed by atoms with van der Waals surface area (Å²) in [6.45, 7) is 8.48. The van der Waals surface area contributed by atoms with Crippen molar-refractivity contribution in [1.29, 1.82) is 0 Å². The van der Waals surface area contributed by atoms with E-state index in [0.29, 0.717) is 23.3 Å². The molecule has 1 N–H and O–H groups in total. The summed E-state index contributed by atoms with van der Waals surface area (Å²) in [6.07, 6.45) is 6.24. The number of allylic oxidation sites excluding steroid dienone is 2. The van der Waals surface area contributed by atoms with E-state index in [1.165, 1.54) is 18.4 Å². The molecule has 2 aliphatic rings. The highest BCUT2D eigenvalue weighted by atomic mass is 16.4. The van der Waals surface area contributed by atoms with Crippen molar-refractivity contribution < 1.29 is 9.90 Å². The molecule has 0 heterocycles. The van der Waals surface area contributed by atoms with Crippen LogP contribution in [0.2, 0.25) is 0 Å². The van der Waals surface area contributed by atoms with Crippen LogP contribution in [0.5, 0.6) is 0 Å². The largest absolute Gasteiger partial charge is 0.478 e. The number of carbonyl (C=O) groups is 1. The number of fused-ring (bicyclic) bond motifs is 1. The van der Waals surface area contributed by atoms with E-state index in [9.17, 15) is 4.79 Å². The lowest BCUT2D eigenvalue weighted by Gasteiger charge is -2.43. The predicted octanol–water partition coefficient (Wildman–Crippen LogP) is 3.65. The van der Waals surface area contributed by atoms with Crippen LogP contribution in [0.1, 0.15) is 39.5 Å². The molecule has 0 bridgehead atoms. The second-order valence-corrected chi connectivity index (χ2v) is 5.78. The lowest BCUT2D eigenvalue weighted by atomic mass is 9.61. The predicted molar refractivity (Wildman–Crippen MR) is 68.6 cm³/mol. The minimum Gasteiger partial charge on any atom is -0.478 e. The van der Waals surface area contributed by atoms with Gasteiger partial charge >= 0.3 is 5.97 Å². The molecule has 0 unspecified atom stereocenters. The molecule has 0 aromatic carbocycles. The van der Waals surface area contributed by atoms with Crippen molar-refractivity contribution >= 4 is 5.97 Å². The Hall–Kier alpha value is -1.05. The molecule has 17 heavy (non-hydrogen) atoms. The SMILES string of the molecule is C=C(C)[C@H]1CC[C@H](C)[C@H]2CCC(C(=O)O)=C[C@@H]21. The quantitative estimate of drug-likeness (QED) is 0.740. The molecule has 2 heteroatoms. The number of aliphatic carboxylic acids is 1. The summed E-state index contributed by atoms with van der Waals surface area (Å²) in [5.74, 6) is 1.56. The van der Waals surface area contributed by atoms with Gasteiger partial charge in [-0.05, 0) is 56.3 Å². The maximum atomic E-state index is 11.1. The molecule has 1 fully saturated rings. The maximum absolute atomic E-state index is 11.1. The molecule has 94 valence electrons. The standard InChI is InChI=1S/C15H22O2/c1-9(2)12-6-4-10(3)13-7-5-11(15(16)17)8-14(12)13/h8,10,12-14H,1,4-7H2,2-3H3,(H,16,17)/t10-,12+,13+,14+/m0/s1. The van der Waals surface area contributed by atoms with Gasteiger partial charge in [-0.25, -0.2) is 4.79 Å². The zero-order chi connectivity index (χ0) is 12.6. The third-order valence-corrected chi connectivity index (χ3v) is 4.67. The first-order valence-electron chi connectivity index (χ1n) is 6.60. The summed E-state index contributed by atoms with van der Waals surface area (Å²) in [6, 6.07) is 0. The van der Waals surface area contributed by atoms with Gasteiger partial charge in [0, 0.05) is 5.57 Å². The first kappa shape index (κ1) is 12.4. The van der Waals surface area contributed by atoms with Gasteiger partial charge < -0.3 is 5.11 Å². The van der Waals surface area contributed by atoms with E-state index in [1.54, 1.807) is 0 Å². The summed E-state index contributed by atoms with van der Waals surface area (Å²) in [7, 11) is 0. The first-order chi connectivity index (χ1) is 8.00. The van der Waals surface area contributed by atoms with E-state index in [2.05, 4.69) is 20.4 Å². The Bertz CT molecular complexity index is 367. The Labute approximate surface area is 103 Å². The van der Waals surface area contributed by atoms with Gasteiger partial charge in [0.2, 0.25) is 0 Å². The normalized spacial score (nSPS) is 36.9. The third-order valence-electron chi connectivity index (χ3n) is 4.67. The molecular weight excluding hydrogens is 212 g/mol. The van der Waals surface area contributed by atoms with Crippen molar-refractivity contribution in [2.24, 2.45) is 23.7 Å². The van der Waals surface area contributed by atoms with Crippen LogP contribution in [-0.4, -0.2) is 11.1 Å². The van der Waals surface area contributed by atoms with Gasteiger partial charge in [0.25, 0.3) is 0 Å². The number of hydrogen-bond donors (Lipinski definition) is 1. The third kappa shape index (κ3) is 2.31. The second kappa shape index (κ2) is 4.67. The summed E-state index contributed by atoms with van der Waals surface area (Å²) < 4.78 is 0. The van der Waals surface area contributed by atoms with Gasteiger partial charge in [0.15, 0.2) is 0 Å². The molecular formula is C15H22O2. The van der Waals surface area contributed by atoms with E-state index in [-0.39, 0.29) is 0 Å². The molecule has 0 radical (unpaired) electrons. The fraction of sp³-hybridized carbons (Fsp3) is 0.667. The highest BCUT2D eigenvalue weighted by molar-refractivity contribution is 5.86. The Morgan fingerprint density at radius 2 is 2.12 bits per heavy atom. The van der Waals surface area contributed by atoms with Gasteiger partial charge in [0.05, 0.1) is 0 Å². The first-order valence-corrected chi connectivity index (χ1v) is 6.60. The molecule has 1 saturated carbocycles. The van der Waals surface area contributed by atoms with E-state index < -0.39 is 5.97 Å². The summed E-state index contributed by atoms with van der Waals surface area (Å²) in [5.41, 5.74) is 1.83. The topological polar surface area (TPSA) is 37.3 Å². The molecule has 0 aromatic heterocycles. The van der Waals surface area contributed by atoms with Crippen LogP contribution >= 0.6 is 0 Å². The van der Waals surface area contributed by atoms with Gasteiger partial charge in [-0.2, -0.15) is 0 Å². The van der Waals surface area contributed by atoms with Crippen LogP contribution in [0.4, 0.5) is 0 Å². The average Bonchev–Trinajstić information content (AvgIpc) is 2.28. The Morgan fingerprint density at radius 3 is 2.71 bits per heavy atom. The monoisotopic (exact) mass is 234 g/mol. The number of hydrogen-bond acceptors (Lipinski definition) is 1. The van der Waals surface area contributed by atoms with Gasteiger partial charge in [-0.1, -0.05) is 25.2 Å². The van der Waals surface area contributed by atoms with Crippen LogP contribution in [0.15, 0.2) is 23.8 Å². The highest BCUT2D eigenvalue weighted by Crippen LogP contribution is 2.47. The van der Waals surface area contributed by atoms with Crippen molar-refractivity contribution in [3.05, 3.63) is 23.8 Å². The van der Waals surface area contributed by atoms with E-state index in [1.807, 2.05) is 6.08 Å². The Balaban J connectivity index is 2.28. The van der Waals surface area contributed by atoms with Gasteiger partial charge in [-0.15, -0.1) is 0 Å². The van der Waals surface area contributed by atoms with Gasteiger partial charge in [0.1, 0.15) is 0 Å². The minimum absolute atomic E-state index is 0.413. The second-order valence-electron chi connectivity index (χ2n) is 5.78. The molecule has 0 spiro atoms. The van der Waals surface area contributed by atoms with Crippen LogP contribution < -0.4 is 0 Å². The number of carboxylic acid groups (broad SMARTS) is 1. The van der Waals surface area contributed by atoms with Crippen molar-refractivity contribution in [2.45, 2.75) is 39.5 Å². The lowest BCUT2D eigenvalue weighted by Crippen LogP contribution is -2.35. The van der Waals surface area contributed by atoms with Gasteiger partial charge in [-0.3, -0.25) is 0 Å². The summed E-state index contributed by atoms with van der Waals surface area (Å²) in [5, 5.41) is 9.13. The minimum atomic E-state index is -0.734. The van der Waals surface area contributed by atoms with Crippen molar-refractivity contribution in [3.63, 3.8) is 0 Å². The van der Waals surface area contributed by atoms with Crippen LogP contribution in [-0.2, 0) is 4.79 Å². The average molecular weight is 234 g/mol.